The highest BCUT2D eigenvalue weighted by Gasteiger charge is 2.31. The number of carbonyl (C=O) groups is 2. The summed E-state index contributed by atoms with van der Waals surface area (Å²) in [5.74, 6) is -1.48. The Morgan fingerprint density at radius 2 is 1.96 bits per heavy atom. The molecule has 0 saturated heterocycles. The van der Waals surface area contributed by atoms with Crippen LogP contribution in [0.15, 0.2) is 48.5 Å². The summed E-state index contributed by atoms with van der Waals surface area (Å²) in [7, 11) is -1.05. The molecule has 128 valence electrons. The second kappa shape index (κ2) is 7.08. The molecule has 2 aromatic carbocycles. The zero-order valence-corrected chi connectivity index (χ0v) is 13.8. The lowest BCUT2D eigenvalue weighted by molar-refractivity contribution is -0.141. The molecule has 0 aliphatic carbocycles. The van der Waals surface area contributed by atoms with Gasteiger partial charge in [0.2, 0.25) is 0 Å². The van der Waals surface area contributed by atoms with Crippen LogP contribution in [0, 0.1) is 0 Å². The van der Waals surface area contributed by atoms with Crippen LogP contribution in [0.3, 0.4) is 0 Å². The van der Waals surface area contributed by atoms with E-state index in [2.05, 4.69) is 0 Å². The molecule has 7 heteroatoms. The molecule has 1 heterocycles. The number of aliphatic carboxylic acids is 1. The maximum Gasteiger partial charge on any atom is 0.491 e. The van der Waals surface area contributed by atoms with Crippen LogP contribution < -0.4 is 5.46 Å². The Morgan fingerprint density at radius 1 is 1.24 bits per heavy atom. The normalized spacial score (nSPS) is 14.1. The van der Waals surface area contributed by atoms with Gasteiger partial charge in [0.25, 0.3) is 5.91 Å². The van der Waals surface area contributed by atoms with E-state index in [1.165, 1.54) is 11.8 Å². The van der Waals surface area contributed by atoms with Crippen molar-refractivity contribution in [2.75, 3.05) is 0 Å². The van der Waals surface area contributed by atoms with Gasteiger partial charge in [0.05, 0.1) is 6.61 Å². The first kappa shape index (κ1) is 17.2. The number of benzene rings is 2. The van der Waals surface area contributed by atoms with Gasteiger partial charge in [0.15, 0.2) is 0 Å². The van der Waals surface area contributed by atoms with Crippen molar-refractivity contribution in [2.24, 2.45) is 0 Å². The third-order valence-corrected chi connectivity index (χ3v) is 4.34. The lowest BCUT2D eigenvalue weighted by atomic mass is 9.78. The highest BCUT2D eigenvalue weighted by Crippen LogP contribution is 2.16. The molecule has 0 radical (unpaired) electrons. The second-order valence-corrected chi connectivity index (χ2v) is 6.01. The summed E-state index contributed by atoms with van der Waals surface area (Å²) in [6.07, 6.45) is 0. The number of fused-ring (bicyclic) bond motifs is 1. The molecule has 0 unspecified atom stereocenters. The highest BCUT2D eigenvalue weighted by molar-refractivity contribution is 6.61. The molecule has 1 aliphatic heterocycles. The van der Waals surface area contributed by atoms with Crippen molar-refractivity contribution >= 4 is 24.5 Å². The van der Waals surface area contributed by atoms with Crippen LogP contribution in [0.5, 0.6) is 0 Å². The topological polar surface area (TPSA) is 87.1 Å². The van der Waals surface area contributed by atoms with Crippen LogP contribution in [0.4, 0.5) is 0 Å². The van der Waals surface area contributed by atoms with Crippen molar-refractivity contribution < 1.29 is 24.4 Å². The Bertz CT molecular complexity index is 795. The Labute approximate surface area is 145 Å². The quantitative estimate of drug-likeness (QED) is 0.795. The van der Waals surface area contributed by atoms with Gasteiger partial charge in [-0.25, -0.2) is 4.79 Å². The van der Waals surface area contributed by atoms with E-state index >= 15 is 0 Å². The summed E-state index contributed by atoms with van der Waals surface area (Å²) in [6.45, 7) is 1.96. The zero-order valence-electron chi connectivity index (χ0n) is 13.8. The summed E-state index contributed by atoms with van der Waals surface area (Å²) in [5, 5.41) is 19.2. The molecule has 0 bridgehead atoms. The molecule has 25 heavy (non-hydrogen) atoms. The number of nitrogens with zero attached hydrogens (tertiary/aromatic N) is 1. The van der Waals surface area contributed by atoms with Crippen molar-refractivity contribution in [3.8, 4) is 0 Å². The molecule has 2 N–H and O–H groups in total. The van der Waals surface area contributed by atoms with Gasteiger partial charge in [0, 0.05) is 12.1 Å². The lowest BCUT2D eigenvalue weighted by Gasteiger charge is -2.27. The van der Waals surface area contributed by atoms with Crippen LogP contribution in [-0.4, -0.2) is 40.1 Å². The molecule has 0 aromatic heterocycles. The minimum absolute atomic E-state index is 0.184. The average molecular weight is 339 g/mol. The molecule has 1 aliphatic rings. The van der Waals surface area contributed by atoms with Crippen LogP contribution in [-0.2, 0) is 22.6 Å². The first-order chi connectivity index (χ1) is 12.0. The summed E-state index contributed by atoms with van der Waals surface area (Å²) < 4.78 is 5.14. The summed E-state index contributed by atoms with van der Waals surface area (Å²) in [4.78, 5) is 25.7. The van der Waals surface area contributed by atoms with E-state index in [0.29, 0.717) is 17.6 Å². The second-order valence-electron chi connectivity index (χ2n) is 6.01. The minimum Gasteiger partial charge on any atom is -0.480 e. The van der Waals surface area contributed by atoms with Gasteiger partial charge in [-0.15, -0.1) is 0 Å². The number of hydrogen-bond acceptors (Lipinski definition) is 4. The lowest BCUT2D eigenvalue weighted by Crippen LogP contribution is -2.43. The van der Waals surface area contributed by atoms with Crippen molar-refractivity contribution in [3.05, 3.63) is 65.2 Å². The van der Waals surface area contributed by atoms with Gasteiger partial charge in [-0.2, -0.15) is 0 Å². The molecule has 3 rings (SSSR count). The van der Waals surface area contributed by atoms with Gasteiger partial charge in [-0.3, -0.25) is 4.79 Å². The standard InChI is InChI=1S/C18H18BNO5/c1-12(18(22)23)20(10-13-5-3-2-4-6-13)17(21)14-7-8-15-11-25-19(24)16(15)9-14/h2-9,12,24H,10-11H2,1H3,(H,22,23)/t12-/m1/s1. The smallest absolute Gasteiger partial charge is 0.480 e. The third kappa shape index (κ3) is 3.57. The van der Waals surface area contributed by atoms with Gasteiger partial charge < -0.3 is 19.7 Å². The largest absolute Gasteiger partial charge is 0.491 e. The maximum absolute atomic E-state index is 12.9. The zero-order chi connectivity index (χ0) is 18.0. The van der Waals surface area contributed by atoms with E-state index < -0.39 is 25.0 Å². The number of rotatable bonds is 5. The number of hydrogen-bond donors (Lipinski definition) is 2. The van der Waals surface area contributed by atoms with E-state index in [1.54, 1.807) is 18.2 Å². The Kier molecular flexibility index (Phi) is 4.87. The van der Waals surface area contributed by atoms with Crippen LogP contribution in [0.1, 0.15) is 28.4 Å². The molecule has 2 aromatic rings. The molecule has 0 fully saturated rings. The number of carboxylic acids is 1. The SMILES string of the molecule is C[C@H](C(=O)O)N(Cc1ccccc1)C(=O)c1ccc2c(c1)B(O)OC2. The number of amides is 1. The van der Waals surface area contributed by atoms with E-state index in [1.807, 2.05) is 30.3 Å². The first-order valence-corrected chi connectivity index (χ1v) is 7.97. The van der Waals surface area contributed by atoms with Crippen LogP contribution in [0.25, 0.3) is 0 Å². The molecule has 1 amide bonds. The minimum atomic E-state index is -1.08. The highest BCUT2D eigenvalue weighted by atomic mass is 16.5. The molecule has 0 saturated carbocycles. The number of carbonyl (C=O) groups excluding carboxylic acids is 1. The third-order valence-electron chi connectivity index (χ3n) is 4.34. The predicted molar refractivity (Wildman–Crippen MR) is 92.3 cm³/mol. The van der Waals surface area contributed by atoms with Gasteiger partial charge >= 0.3 is 13.1 Å². The van der Waals surface area contributed by atoms with E-state index in [4.69, 9.17) is 4.65 Å². The molecular weight excluding hydrogens is 321 g/mol. The fourth-order valence-electron chi connectivity index (χ4n) is 2.81. The van der Waals surface area contributed by atoms with E-state index in [0.717, 1.165) is 11.1 Å². The molecule has 0 spiro atoms. The van der Waals surface area contributed by atoms with E-state index in [9.17, 15) is 19.7 Å². The molecule has 1 atom stereocenters. The van der Waals surface area contributed by atoms with Crippen molar-refractivity contribution in [1.82, 2.24) is 4.90 Å². The van der Waals surface area contributed by atoms with Crippen molar-refractivity contribution in [2.45, 2.75) is 26.1 Å². The Morgan fingerprint density at radius 3 is 2.64 bits per heavy atom. The molecule has 6 nitrogen and oxygen atoms in total. The van der Waals surface area contributed by atoms with Crippen LogP contribution in [0.2, 0.25) is 0 Å². The Balaban J connectivity index is 1.91. The van der Waals surface area contributed by atoms with Crippen molar-refractivity contribution in [3.63, 3.8) is 0 Å². The average Bonchev–Trinajstić information content (AvgIpc) is 3.00. The maximum atomic E-state index is 12.9. The summed E-state index contributed by atoms with van der Waals surface area (Å²) >= 11 is 0. The van der Waals surface area contributed by atoms with Gasteiger partial charge in [0.1, 0.15) is 6.04 Å². The van der Waals surface area contributed by atoms with Crippen LogP contribution >= 0.6 is 0 Å². The van der Waals surface area contributed by atoms with E-state index in [-0.39, 0.29) is 6.54 Å². The summed E-state index contributed by atoms with van der Waals surface area (Å²) in [5.41, 5.74) is 2.54. The van der Waals surface area contributed by atoms with Gasteiger partial charge in [-0.05, 0) is 35.6 Å². The first-order valence-electron chi connectivity index (χ1n) is 7.97. The number of carboxylic acid groups (broad SMARTS) is 1. The Hall–Kier alpha value is -2.64. The molecular formula is C18H18BNO5. The fourth-order valence-corrected chi connectivity index (χ4v) is 2.81. The monoisotopic (exact) mass is 339 g/mol. The summed E-state index contributed by atoms with van der Waals surface area (Å²) in [6, 6.07) is 13.2. The predicted octanol–water partition coefficient (Wildman–Crippen LogP) is 1.02. The van der Waals surface area contributed by atoms with Crippen molar-refractivity contribution in [1.29, 1.82) is 0 Å². The fraction of sp³-hybridized carbons (Fsp3) is 0.222. The van der Waals surface area contributed by atoms with Gasteiger partial charge in [-0.1, -0.05) is 36.4 Å².